The van der Waals surface area contributed by atoms with Gasteiger partial charge in [-0.15, -0.1) is 0 Å². The lowest BCUT2D eigenvalue weighted by Gasteiger charge is -2.12. The number of nitrogens with zero attached hydrogens (tertiary/aromatic N) is 2. The van der Waals surface area contributed by atoms with Crippen LogP contribution < -0.4 is 11.1 Å². The Hall–Kier alpha value is -3.40. The molecule has 0 amide bonds. The van der Waals surface area contributed by atoms with Crippen LogP contribution in [0.4, 0.5) is 0 Å². The van der Waals surface area contributed by atoms with Gasteiger partial charge >= 0.3 is 11.1 Å². The van der Waals surface area contributed by atoms with Gasteiger partial charge in [-0.1, -0.05) is 60.7 Å². The second kappa shape index (κ2) is 6.48. The second-order valence-electron chi connectivity index (χ2n) is 6.33. The Morgan fingerprint density at radius 3 is 2.35 bits per heavy atom. The molecule has 0 fully saturated rings. The van der Waals surface area contributed by atoms with Crippen LogP contribution in [-0.4, -0.2) is 9.13 Å². The molecule has 1 heterocycles. The maximum atomic E-state index is 12.7. The van der Waals surface area contributed by atoms with Crippen molar-refractivity contribution in [1.82, 2.24) is 9.13 Å². The lowest BCUT2D eigenvalue weighted by atomic mass is 10.1. The number of aromatic nitrogens is 2. The maximum absolute atomic E-state index is 12.7. The van der Waals surface area contributed by atoms with Gasteiger partial charge < -0.3 is 4.57 Å². The predicted octanol–water partition coefficient (Wildman–Crippen LogP) is 3.51. The molecule has 0 atom stereocenters. The van der Waals surface area contributed by atoms with Crippen LogP contribution in [0.2, 0.25) is 0 Å². The van der Waals surface area contributed by atoms with Gasteiger partial charge in [0.15, 0.2) is 0 Å². The Kier molecular flexibility index (Phi) is 4.01. The molecule has 128 valence electrons. The third kappa shape index (κ3) is 2.75. The van der Waals surface area contributed by atoms with Crippen LogP contribution in [0.25, 0.3) is 16.5 Å². The van der Waals surface area contributed by atoms with E-state index in [-0.39, 0.29) is 0 Å². The second-order valence-corrected chi connectivity index (χ2v) is 6.33. The lowest BCUT2D eigenvalue weighted by Crippen LogP contribution is -2.40. The molecule has 0 bridgehead atoms. The molecule has 4 aromatic rings. The van der Waals surface area contributed by atoms with Crippen molar-refractivity contribution in [3.8, 4) is 5.69 Å². The fraction of sp³-hybridized carbons (Fsp3) is 0.0909. The van der Waals surface area contributed by atoms with Crippen LogP contribution >= 0.6 is 0 Å². The summed E-state index contributed by atoms with van der Waals surface area (Å²) >= 11 is 0. The van der Waals surface area contributed by atoms with Crippen molar-refractivity contribution >= 4 is 10.8 Å². The highest BCUT2D eigenvalue weighted by Gasteiger charge is 2.10. The summed E-state index contributed by atoms with van der Waals surface area (Å²) in [4.78, 5) is 25.4. The molecule has 0 aliphatic heterocycles. The first kappa shape index (κ1) is 16.1. The van der Waals surface area contributed by atoms with E-state index in [1.54, 1.807) is 12.4 Å². The van der Waals surface area contributed by atoms with E-state index in [1.165, 1.54) is 9.13 Å². The molecular formula is C22H18N2O2. The summed E-state index contributed by atoms with van der Waals surface area (Å²) in [7, 11) is 0. The fourth-order valence-electron chi connectivity index (χ4n) is 3.21. The molecule has 0 unspecified atom stereocenters. The molecule has 0 saturated heterocycles. The van der Waals surface area contributed by atoms with Gasteiger partial charge in [0, 0.05) is 17.8 Å². The summed E-state index contributed by atoms with van der Waals surface area (Å²) in [6.07, 6.45) is 3.35. The average Bonchev–Trinajstić information content (AvgIpc) is 2.67. The Balaban J connectivity index is 1.83. The van der Waals surface area contributed by atoms with Crippen LogP contribution in [0.3, 0.4) is 0 Å². The summed E-state index contributed by atoms with van der Waals surface area (Å²) in [6, 6.07) is 21.4. The molecule has 0 radical (unpaired) electrons. The highest BCUT2D eigenvalue weighted by molar-refractivity contribution is 5.90. The number of hydrogen-bond donors (Lipinski definition) is 0. The third-order valence-electron chi connectivity index (χ3n) is 4.69. The standard InChI is InChI=1S/C22H18N2O2/c1-16-7-2-3-9-18(16)15-23-13-14-24(22(26)21(23)25)20-12-6-10-17-8-4-5-11-19(17)20/h2-14H,15H2,1H3. The Morgan fingerprint density at radius 2 is 1.50 bits per heavy atom. The van der Waals surface area contributed by atoms with Gasteiger partial charge in [-0.05, 0) is 29.5 Å². The molecular weight excluding hydrogens is 324 g/mol. The van der Waals surface area contributed by atoms with E-state index in [4.69, 9.17) is 0 Å². The Morgan fingerprint density at radius 1 is 0.769 bits per heavy atom. The number of fused-ring (bicyclic) bond motifs is 1. The number of aryl methyl sites for hydroxylation is 1. The van der Waals surface area contributed by atoms with Crippen LogP contribution in [0.1, 0.15) is 11.1 Å². The van der Waals surface area contributed by atoms with Gasteiger partial charge in [-0.2, -0.15) is 0 Å². The van der Waals surface area contributed by atoms with Crippen LogP contribution in [0.5, 0.6) is 0 Å². The zero-order valence-electron chi connectivity index (χ0n) is 14.4. The molecule has 0 spiro atoms. The molecule has 0 saturated carbocycles. The van der Waals surface area contributed by atoms with Crippen LogP contribution in [-0.2, 0) is 6.54 Å². The quantitative estimate of drug-likeness (QED) is 0.535. The van der Waals surface area contributed by atoms with Gasteiger partial charge in [-0.3, -0.25) is 14.2 Å². The minimum absolute atomic E-state index is 0.386. The highest BCUT2D eigenvalue weighted by Crippen LogP contribution is 2.20. The minimum Gasteiger partial charge on any atom is -0.305 e. The summed E-state index contributed by atoms with van der Waals surface area (Å²) in [5.74, 6) is 0. The van der Waals surface area contributed by atoms with E-state index in [0.29, 0.717) is 12.2 Å². The Bertz CT molecular complexity index is 1210. The third-order valence-corrected chi connectivity index (χ3v) is 4.69. The number of hydrogen-bond acceptors (Lipinski definition) is 2. The van der Waals surface area contributed by atoms with Crippen molar-refractivity contribution in [2.24, 2.45) is 0 Å². The highest BCUT2D eigenvalue weighted by atomic mass is 16.2. The average molecular weight is 342 g/mol. The molecule has 4 heteroatoms. The monoisotopic (exact) mass is 342 g/mol. The van der Waals surface area contributed by atoms with Crippen molar-refractivity contribution < 1.29 is 0 Å². The summed E-state index contributed by atoms with van der Waals surface area (Å²) < 4.78 is 2.89. The van der Waals surface area contributed by atoms with Gasteiger partial charge in [-0.25, -0.2) is 0 Å². The maximum Gasteiger partial charge on any atom is 0.321 e. The first-order valence-corrected chi connectivity index (χ1v) is 8.50. The number of rotatable bonds is 3. The van der Waals surface area contributed by atoms with Crippen molar-refractivity contribution in [3.05, 3.63) is 111 Å². The number of benzene rings is 3. The van der Waals surface area contributed by atoms with E-state index in [0.717, 1.165) is 21.9 Å². The smallest absolute Gasteiger partial charge is 0.305 e. The van der Waals surface area contributed by atoms with Gasteiger partial charge in [0.2, 0.25) is 0 Å². The van der Waals surface area contributed by atoms with Crippen LogP contribution in [0.15, 0.2) is 88.7 Å². The fourth-order valence-corrected chi connectivity index (χ4v) is 3.21. The Labute approximate surface area is 150 Å². The molecule has 0 aliphatic carbocycles. The van der Waals surface area contributed by atoms with Crippen molar-refractivity contribution in [3.63, 3.8) is 0 Å². The minimum atomic E-state index is -0.544. The molecule has 4 nitrogen and oxygen atoms in total. The zero-order chi connectivity index (χ0) is 18.1. The topological polar surface area (TPSA) is 44.0 Å². The summed E-state index contributed by atoms with van der Waals surface area (Å²) in [5, 5.41) is 1.97. The largest absolute Gasteiger partial charge is 0.321 e. The van der Waals surface area contributed by atoms with Gasteiger partial charge in [0.25, 0.3) is 0 Å². The molecule has 1 aromatic heterocycles. The zero-order valence-corrected chi connectivity index (χ0v) is 14.4. The SMILES string of the molecule is Cc1ccccc1Cn1ccn(-c2cccc3ccccc23)c(=O)c1=O. The predicted molar refractivity (Wildman–Crippen MR) is 104 cm³/mol. The van der Waals surface area contributed by atoms with E-state index < -0.39 is 11.1 Å². The van der Waals surface area contributed by atoms with E-state index >= 15 is 0 Å². The van der Waals surface area contributed by atoms with E-state index in [1.807, 2.05) is 73.7 Å². The first-order chi connectivity index (χ1) is 12.6. The molecule has 3 aromatic carbocycles. The van der Waals surface area contributed by atoms with Crippen molar-refractivity contribution in [1.29, 1.82) is 0 Å². The van der Waals surface area contributed by atoms with Gasteiger partial charge in [0.1, 0.15) is 0 Å². The summed E-state index contributed by atoms with van der Waals surface area (Å²) in [6.45, 7) is 2.38. The van der Waals surface area contributed by atoms with Crippen LogP contribution in [0, 0.1) is 6.92 Å². The van der Waals surface area contributed by atoms with E-state index in [2.05, 4.69) is 0 Å². The van der Waals surface area contributed by atoms with Crippen molar-refractivity contribution in [2.45, 2.75) is 13.5 Å². The molecule has 0 aliphatic rings. The van der Waals surface area contributed by atoms with E-state index in [9.17, 15) is 9.59 Å². The van der Waals surface area contributed by atoms with Gasteiger partial charge in [0.05, 0.1) is 12.2 Å². The summed E-state index contributed by atoms with van der Waals surface area (Å²) in [5.41, 5.74) is 1.77. The first-order valence-electron chi connectivity index (χ1n) is 8.50. The molecule has 0 N–H and O–H groups in total. The molecule has 26 heavy (non-hydrogen) atoms. The van der Waals surface area contributed by atoms with Crippen molar-refractivity contribution in [2.75, 3.05) is 0 Å². The molecule has 4 rings (SSSR count). The normalized spacial score (nSPS) is 11.0. The lowest BCUT2D eigenvalue weighted by molar-refractivity contribution is 0.716.